The molecule has 7 heteroatoms. The maximum absolute atomic E-state index is 11.9. The Morgan fingerprint density at radius 3 is 2.75 bits per heavy atom. The summed E-state index contributed by atoms with van der Waals surface area (Å²) in [4.78, 5) is 15.9. The minimum atomic E-state index is -0.164. The zero-order chi connectivity index (χ0) is 11.5. The average Bonchev–Trinajstić information content (AvgIpc) is 2.81. The predicted molar refractivity (Wildman–Crippen MR) is 56.8 cm³/mol. The average molecular weight is 224 g/mol. The van der Waals surface area contributed by atoms with Gasteiger partial charge in [-0.2, -0.15) is 5.21 Å². The molecule has 0 aromatic carbocycles. The number of aromatic nitrogens is 4. The molecule has 1 aromatic rings. The van der Waals surface area contributed by atoms with Gasteiger partial charge >= 0.3 is 0 Å². The Kier molecular flexibility index (Phi) is 3.14. The van der Waals surface area contributed by atoms with E-state index in [1.54, 1.807) is 11.9 Å². The molecule has 2 heterocycles. The maximum atomic E-state index is 11.9. The molecule has 0 aliphatic carbocycles. The molecule has 0 radical (unpaired) electrons. The van der Waals surface area contributed by atoms with Gasteiger partial charge in [-0.1, -0.05) is 0 Å². The quantitative estimate of drug-likeness (QED) is 0.723. The number of aromatic amines is 1. The number of amides is 1. The van der Waals surface area contributed by atoms with Crippen molar-refractivity contribution >= 4 is 5.91 Å². The number of nitrogens with one attached hydrogen (secondary N) is 1. The summed E-state index contributed by atoms with van der Waals surface area (Å²) in [7, 11) is 3.89. The molecule has 0 spiro atoms. The smallest absolute Gasteiger partial charge is 0.295 e. The standard InChI is InChI=1S/C9H16N6O/c1-14-5-3-7(4-6-14)15(2)9(16)8-10-12-13-11-8/h7H,3-6H2,1-2H3,(H,10,11,12,13). The number of hydrogen-bond donors (Lipinski definition) is 1. The number of carbonyl (C=O) groups is 1. The minimum absolute atomic E-state index is 0.140. The molecule has 1 fully saturated rings. The molecule has 0 atom stereocenters. The number of piperidine rings is 1. The van der Waals surface area contributed by atoms with Crippen LogP contribution in [0.15, 0.2) is 0 Å². The summed E-state index contributed by atoms with van der Waals surface area (Å²) in [6.07, 6.45) is 1.99. The van der Waals surface area contributed by atoms with E-state index in [4.69, 9.17) is 0 Å². The largest absolute Gasteiger partial charge is 0.336 e. The molecule has 0 bridgehead atoms. The van der Waals surface area contributed by atoms with Crippen LogP contribution in [0.5, 0.6) is 0 Å². The Labute approximate surface area is 93.8 Å². The second-order valence-electron chi connectivity index (χ2n) is 4.19. The van der Waals surface area contributed by atoms with Crippen LogP contribution in [0.3, 0.4) is 0 Å². The summed E-state index contributed by atoms with van der Waals surface area (Å²) in [5, 5.41) is 13.1. The van der Waals surface area contributed by atoms with Gasteiger partial charge in [0.1, 0.15) is 0 Å². The molecule has 1 aromatic heterocycles. The molecule has 0 saturated carbocycles. The maximum Gasteiger partial charge on any atom is 0.295 e. The molecule has 2 rings (SSSR count). The zero-order valence-electron chi connectivity index (χ0n) is 9.55. The summed E-state index contributed by atoms with van der Waals surface area (Å²) >= 11 is 0. The SMILES string of the molecule is CN1CCC(N(C)C(=O)c2nn[nH]n2)CC1. The summed E-state index contributed by atoms with van der Waals surface area (Å²) in [6.45, 7) is 2.04. The zero-order valence-corrected chi connectivity index (χ0v) is 9.55. The number of rotatable bonds is 2. The van der Waals surface area contributed by atoms with Gasteiger partial charge in [-0.25, -0.2) is 0 Å². The summed E-state index contributed by atoms with van der Waals surface area (Å²) in [5.74, 6) is -0.0234. The van der Waals surface area contributed by atoms with Gasteiger partial charge in [0.15, 0.2) is 0 Å². The Balaban J connectivity index is 1.97. The Bertz CT molecular complexity index is 343. The van der Waals surface area contributed by atoms with E-state index in [1.165, 1.54) is 0 Å². The van der Waals surface area contributed by atoms with E-state index in [0.717, 1.165) is 25.9 Å². The van der Waals surface area contributed by atoms with Gasteiger partial charge < -0.3 is 9.80 Å². The van der Waals surface area contributed by atoms with Gasteiger partial charge in [0.05, 0.1) is 0 Å². The summed E-state index contributed by atoms with van der Waals surface area (Å²) < 4.78 is 0. The Morgan fingerprint density at radius 1 is 1.50 bits per heavy atom. The van der Waals surface area contributed by atoms with Crippen LogP contribution >= 0.6 is 0 Å². The molecule has 16 heavy (non-hydrogen) atoms. The lowest BCUT2D eigenvalue weighted by Crippen LogP contribution is -2.44. The highest BCUT2D eigenvalue weighted by atomic mass is 16.2. The first-order valence-corrected chi connectivity index (χ1v) is 5.37. The van der Waals surface area contributed by atoms with Crippen LogP contribution in [-0.4, -0.2) is 69.6 Å². The highest BCUT2D eigenvalue weighted by Crippen LogP contribution is 2.15. The second kappa shape index (κ2) is 4.56. The van der Waals surface area contributed by atoms with Crippen LogP contribution in [0.2, 0.25) is 0 Å². The highest BCUT2D eigenvalue weighted by molar-refractivity contribution is 5.90. The fourth-order valence-corrected chi connectivity index (χ4v) is 1.96. The number of H-pyrrole nitrogens is 1. The van der Waals surface area contributed by atoms with Crippen molar-refractivity contribution in [1.29, 1.82) is 0 Å². The molecule has 1 aliphatic rings. The lowest BCUT2D eigenvalue weighted by molar-refractivity contribution is 0.0647. The van der Waals surface area contributed by atoms with Gasteiger partial charge in [-0.3, -0.25) is 4.79 Å². The molecule has 7 nitrogen and oxygen atoms in total. The van der Waals surface area contributed by atoms with Gasteiger partial charge in [0, 0.05) is 13.1 Å². The van der Waals surface area contributed by atoms with E-state index >= 15 is 0 Å². The highest BCUT2D eigenvalue weighted by Gasteiger charge is 2.26. The second-order valence-corrected chi connectivity index (χ2v) is 4.19. The van der Waals surface area contributed by atoms with E-state index in [-0.39, 0.29) is 17.8 Å². The number of hydrogen-bond acceptors (Lipinski definition) is 5. The van der Waals surface area contributed by atoms with Crippen molar-refractivity contribution < 1.29 is 4.79 Å². The summed E-state index contributed by atoms with van der Waals surface area (Å²) in [6, 6.07) is 0.280. The number of nitrogens with zero attached hydrogens (tertiary/aromatic N) is 5. The Morgan fingerprint density at radius 2 is 2.19 bits per heavy atom. The van der Waals surface area contributed by atoms with Crippen molar-refractivity contribution in [2.24, 2.45) is 0 Å². The topological polar surface area (TPSA) is 78.0 Å². The van der Waals surface area contributed by atoms with E-state index in [0.29, 0.717) is 0 Å². The first-order valence-electron chi connectivity index (χ1n) is 5.37. The van der Waals surface area contributed by atoms with Crippen LogP contribution in [0, 0.1) is 0 Å². The van der Waals surface area contributed by atoms with Crippen molar-refractivity contribution in [3.63, 3.8) is 0 Å². The molecule has 1 N–H and O–H groups in total. The van der Waals surface area contributed by atoms with Crippen LogP contribution in [0.4, 0.5) is 0 Å². The molecule has 0 unspecified atom stereocenters. The van der Waals surface area contributed by atoms with E-state index < -0.39 is 0 Å². The Hall–Kier alpha value is -1.50. The van der Waals surface area contributed by atoms with Crippen LogP contribution in [0.1, 0.15) is 23.5 Å². The normalized spacial score (nSPS) is 18.6. The predicted octanol–water partition coefficient (Wildman–Crippen LogP) is -0.634. The molecular weight excluding hydrogens is 208 g/mol. The molecular formula is C9H16N6O. The van der Waals surface area contributed by atoms with Crippen LogP contribution in [0.25, 0.3) is 0 Å². The lowest BCUT2D eigenvalue weighted by Gasteiger charge is -2.34. The fourth-order valence-electron chi connectivity index (χ4n) is 1.96. The van der Waals surface area contributed by atoms with Crippen molar-refractivity contribution in [3.05, 3.63) is 5.82 Å². The first kappa shape index (κ1) is 11.0. The van der Waals surface area contributed by atoms with Crippen LogP contribution < -0.4 is 0 Å². The van der Waals surface area contributed by atoms with E-state index in [2.05, 4.69) is 32.6 Å². The summed E-state index contributed by atoms with van der Waals surface area (Å²) in [5.41, 5.74) is 0. The van der Waals surface area contributed by atoms with E-state index in [9.17, 15) is 4.79 Å². The third kappa shape index (κ3) is 2.19. The molecule has 1 aliphatic heterocycles. The van der Waals surface area contributed by atoms with Crippen molar-refractivity contribution in [1.82, 2.24) is 30.4 Å². The molecule has 88 valence electrons. The third-order valence-electron chi connectivity index (χ3n) is 3.09. The number of likely N-dealkylation sites (tertiary alicyclic amines) is 1. The third-order valence-corrected chi connectivity index (χ3v) is 3.09. The molecule has 1 saturated heterocycles. The van der Waals surface area contributed by atoms with E-state index in [1.807, 2.05) is 0 Å². The van der Waals surface area contributed by atoms with Crippen molar-refractivity contribution in [2.45, 2.75) is 18.9 Å². The fraction of sp³-hybridized carbons (Fsp3) is 0.778. The lowest BCUT2D eigenvalue weighted by atomic mass is 10.0. The van der Waals surface area contributed by atoms with Gasteiger partial charge in [0.2, 0.25) is 0 Å². The monoisotopic (exact) mass is 224 g/mol. The van der Waals surface area contributed by atoms with Gasteiger partial charge in [-0.15, -0.1) is 10.2 Å². The first-order chi connectivity index (χ1) is 7.68. The van der Waals surface area contributed by atoms with Gasteiger partial charge in [0.25, 0.3) is 11.7 Å². The number of tetrazole rings is 1. The minimum Gasteiger partial charge on any atom is -0.336 e. The van der Waals surface area contributed by atoms with Crippen molar-refractivity contribution in [2.75, 3.05) is 27.2 Å². The van der Waals surface area contributed by atoms with Gasteiger partial charge in [-0.05, 0) is 38.2 Å². The van der Waals surface area contributed by atoms with Crippen LogP contribution in [-0.2, 0) is 0 Å². The van der Waals surface area contributed by atoms with Crippen molar-refractivity contribution in [3.8, 4) is 0 Å². The molecule has 1 amide bonds. The number of carbonyl (C=O) groups excluding carboxylic acids is 1.